The van der Waals surface area contributed by atoms with Gasteiger partial charge in [0.1, 0.15) is 0 Å². The van der Waals surface area contributed by atoms with E-state index in [1.165, 1.54) is 6.07 Å². The standard InChI is InChI=1S/C9H9F3N4O/c10-9(11,12)17-8-6(4-14)7(15)3-5(16-8)1-2-13/h3H,1,4,14H2,(H2,15,16). The molecule has 0 fully saturated rings. The van der Waals surface area contributed by atoms with E-state index in [2.05, 4.69) is 9.72 Å². The number of alkyl halides is 3. The molecule has 8 heteroatoms. The summed E-state index contributed by atoms with van der Waals surface area (Å²) >= 11 is 0. The molecule has 0 atom stereocenters. The molecule has 0 bridgehead atoms. The number of aromatic nitrogens is 1. The van der Waals surface area contributed by atoms with Gasteiger partial charge in [-0.1, -0.05) is 0 Å². The third-order valence-corrected chi connectivity index (χ3v) is 1.85. The molecule has 0 aliphatic carbocycles. The molecule has 1 aromatic heterocycles. The van der Waals surface area contributed by atoms with E-state index < -0.39 is 12.2 Å². The maximum atomic E-state index is 12.1. The van der Waals surface area contributed by atoms with Crippen LogP contribution in [-0.4, -0.2) is 11.3 Å². The van der Waals surface area contributed by atoms with E-state index in [0.717, 1.165) is 0 Å². The minimum Gasteiger partial charge on any atom is -0.398 e. The summed E-state index contributed by atoms with van der Waals surface area (Å²) in [6.45, 7) is -0.239. The molecule has 17 heavy (non-hydrogen) atoms. The maximum Gasteiger partial charge on any atom is 0.574 e. The second kappa shape index (κ2) is 4.88. The zero-order valence-corrected chi connectivity index (χ0v) is 8.58. The SMILES string of the molecule is N#CCc1cc(N)c(CN)c(OC(F)(F)F)n1. The Bertz CT molecular complexity index is 453. The highest BCUT2D eigenvalue weighted by Gasteiger charge is 2.33. The second-order valence-corrected chi connectivity index (χ2v) is 3.07. The van der Waals surface area contributed by atoms with Crippen molar-refractivity contribution >= 4 is 5.69 Å². The number of rotatable bonds is 3. The fourth-order valence-electron chi connectivity index (χ4n) is 1.19. The Hall–Kier alpha value is -2.01. The van der Waals surface area contributed by atoms with Crippen LogP contribution in [0.2, 0.25) is 0 Å². The van der Waals surface area contributed by atoms with E-state index in [4.69, 9.17) is 16.7 Å². The lowest BCUT2D eigenvalue weighted by Gasteiger charge is -2.13. The van der Waals surface area contributed by atoms with Gasteiger partial charge < -0.3 is 16.2 Å². The van der Waals surface area contributed by atoms with Crippen molar-refractivity contribution in [2.24, 2.45) is 5.73 Å². The quantitative estimate of drug-likeness (QED) is 0.831. The van der Waals surface area contributed by atoms with Crippen LogP contribution < -0.4 is 16.2 Å². The topological polar surface area (TPSA) is 98.0 Å². The van der Waals surface area contributed by atoms with E-state index in [1.54, 1.807) is 6.07 Å². The largest absolute Gasteiger partial charge is 0.574 e. The van der Waals surface area contributed by atoms with Crippen molar-refractivity contribution in [2.75, 3.05) is 5.73 Å². The van der Waals surface area contributed by atoms with Crippen LogP contribution in [0.5, 0.6) is 5.88 Å². The average molecular weight is 246 g/mol. The van der Waals surface area contributed by atoms with Gasteiger partial charge in [-0.2, -0.15) is 5.26 Å². The molecule has 4 N–H and O–H groups in total. The number of hydrogen-bond acceptors (Lipinski definition) is 5. The Labute approximate surface area is 94.8 Å². The van der Waals surface area contributed by atoms with Gasteiger partial charge in [0, 0.05) is 12.2 Å². The fourth-order valence-corrected chi connectivity index (χ4v) is 1.19. The van der Waals surface area contributed by atoms with Gasteiger partial charge in [-0.25, -0.2) is 4.98 Å². The first-order valence-electron chi connectivity index (χ1n) is 4.48. The molecule has 0 saturated heterocycles. The summed E-state index contributed by atoms with van der Waals surface area (Å²) in [5.41, 5.74) is 10.8. The number of nitrogens with two attached hydrogens (primary N) is 2. The summed E-state index contributed by atoms with van der Waals surface area (Å²) in [6.07, 6.45) is -5.04. The summed E-state index contributed by atoms with van der Waals surface area (Å²) in [4.78, 5) is 3.55. The summed E-state index contributed by atoms with van der Waals surface area (Å²) < 4.78 is 40.0. The normalized spacial score (nSPS) is 11.0. The summed E-state index contributed by atoms with van der Waals surface area (Å²) in [6, 6.07) is 3.05. The molecule has 0 aliphatic heterocycles. The van der Waals surface area contributed by atoms with Gasteiger partial charge in [-0.3, -0.25) is 0 Å². The Morgan fingerprint density at radius 2 is 2.12 bits per heavy atom. The molecule has 0 aromatic carbocycles. The number of hydrogen-bond donors (Lipinski definition) is 2. The van der Waals surface area contributed by atoms with Crippen LogP contribution in [-0.2, 0) is 13.0 Å². The monoisotopic (exact) mass is 246 g/mol. The molecule has 0 unspecified atom stereocenters. The minimum absolute atomic E-state index is 0.0204. The number of pyridine rings is 1. The fraction of sp³-hybridized carbons (Fsp3) is 0.333. The predicted molar refractivity (Wildman–Crippen MR) is 52.5 cm³/mol. The highest BCUT2D eigenvalue weighted by molar-refractivity contribution is 5.52. The van der Waals surface area contributed by atoms with Crippen molar-refractivity contribution in [1.29, 1.82) is 5.26 Å². The van der Waals surface area contributed by atoms with Crippen LogP contribution in [0.1, 0.15) is 11.3 Å². The number of ether oxygens (including phenoxy) is 1. The average Bonchev–Trinajstić information content (AvgIpc) is 2.15. The third kappa shape index (κ3) is 3.49. The van der Waals surface area contributed by atoms with Crippen LogP contribution >= 0.6 is 0 Å². The minimum atomic E-state index is -4.88. The molecule has 1 heterocycles. The first kappa shape index (κ1) is 13.1. The molecular weight excluding hydrogens is 237 g/mol. The van der Waals surface area contributed by atoms with Gasteiger partial charge in [0.25, 0.3) is 0 Å². The van der Waals surface area contributed by atoms with Crippen molar-refractivity contribution in [2.45, 2.75) is 19.3 Å². The zero-order valence-electron chi connectivity index (χ0n) is 8.58. The van der Waals surface area contributed by atoms with Crippen LogP contribution in [0.4, 0.5) is 18.9 Å². The van der Waals surface area contributed by atoms with E-state index in [9.17, 15) is 13.2 Å². The van der Waals surface area contributed by atoms with Gasteiger partial charge in [0.15, 0.2) is 0 Å². The maximum absolute atomic E-state index is 12.1. The van der Waals surface area contributed by atoms with Crippen molar-refractivity contribution in [1.82, 2.24) is 4.98 Å². The summed E-state index contributed by atoms with van der Waals surface area (Å²) in [5.74, 6) is -0.703. The van der Waals surface area contributed by atoms with Crippen molar-refractivity contribution < 1.29 is 17.9 Å². The van der Waals surface area contributed by atoms with Crippen LogP contribution in [0.3, 0.4) is 0 Å². The third-order valence-electron chi connectivity index (χ3n) is 1.85. The Morgan fingerprint density at radius 3 is 2.59 bits per heavy atom. The Balaban J connectivity index is 3.20. The second-order valence-electron chi connectivity index (χ2n) is 3.07. The smallest absolute Gasteiger partial charge is 0.398 e. The molecule has 1 aromatic rings. The van der Waals surface area contributed by atoms with Crippen LogP contribution in [0.25, 0.3) is 0 Å². The first-order valence-corrected chi connectivity index (χ1v) is 4.48. The number of anilines is 1. The lowest BCUT2D eigenvalue weighted by molar-refractivity contribution is -0.276. The predicted octanol–water partition coefficient (Wildman–Crippen LogP) is 1.09. The van der Waals surface area contributed by atoms with Gasteiger partial charge in [-0.05, 0) is 6.07 Å². The zero-order chi connectivity index (χ0) is 13.1. The van der Waals surface area contributed by atoms with Crippen LogP contribution in [0, 0.1) is 11.3 Å². The van der Waals surface area contributed by atoms with Crippen LogP contribution in [0.15, 0.2) is 6.07 Å². The highest BCUT2D eigenvalue weighted by Crippen LogP contribution is 2.28. The van der Waals surface area contributed by atoms with Gasteiger partial charge in [0.2, 0.25) is 5.88 Å². The number of nitriles is 1. The molecule has 0 spiro atoms. The van der Waals surface area contributed by atoms with E-state index in [0.29, 0.717) is 0 Å². The molecule has 5 nitrogen and oxygen atoms in total. The van der Waals surface area contributed by atoms with Crippen molar-refractivity contribution in [3.63, 3.8) is 0 Å². The van der Waals surface area contributed by atoms with Gasteiger partial charge in [0.05, 0.1) is 23.7 Å². The van der Waals surface area contributed by atoms with Crippen molar-refractivity contribution in [3.05, 3.63) is 17.3 Å². The van der Waals surface area contributed by atoms with E-state index in [-0.39, 0.29) is 29.9 Å². The highest BCUT2D eigenvalue weighted by atomic mass is 19.4. The number of nitrogens with zero attached hydrogens (tertiary/aromatic N) is 2. The van der Waals surface area contributed by atoms with Gasteiger partial charge in [-0.15, -0.1) is 13.2 Å². The first-order chi connectivity index (χ1) is 7.87. The molecule has 1 rings (SSSR count). The number of halogens is 3. The lowest BCUT2D eigenvalue weighted by atomic mass is 10.2. The van der Waals surface area contributed by atoms with Gasteiger partial charge >= 0.3 is 6.36 Å². The van der Waals surface area contributed by atoms with E-state index >= 15 is 0 Å². The molecule has 0 aliphatic rings. The summed E-state index contributed by atoms with van der Waals surface area (Å²) in [5, 5.41) is 8.44. The Kier molecular flexibility index (Phi) is 3.75. The molecule has 0 saturated carbocycles. The molecule has 0 radical (unpaired) electrons. The molecule has 92 valence electrons. The molecule has 0 amide bonds. The molecular formula is C9H9F3N4O. The summed E-state index contributed by atoms with van der Waals surface area (Å²) in [7, 11) is 0. The van der Waals surface area contributed by atoms with E-state index in [1.807, 2.05) is 0 Å². The Morgan fingerprint density at radius 1 is 1.47 bits per heavy atom. The lowest BCUT2D eigenvalue weighted by Crippen LogP contribution is -2.20. The van der Waals surface area contributed by atoms with Crippen molar-refractivity contribution in [3.8, 4) is 11.9 Å². The number of nitrogen functional groups attached to an aromatic ring is 1.